The summed E-state index contributed by atoms with van der Waals surface area (Å²) in [7, 11) is 0. The molecular weight excluding hydrogens is 395 g/mol. The highest BCUT2D eigenvalue weighted by Crippen LogP contribution is 2.34. The van der Waals surface area contributed by atoms with Crippen molar-refractivity contribution in [1.29, 1.82) is 0 Å². The molecule has 3 rings (SSSR count). The van der Waals surface area contributed by atoms with Crippen LogP contribution in [0.5, 0.6) is 0 Å². The Balaban J connectivity index is 2.05. The van der Waals surface area contributed by atoms with Gasteiger partial charge in [0.05, 0.1) is 17.4 Å². The van der Waals surface area contributed by atoms with Gasteiger partial charge in [-0.25, -0.2) is 4.68 Å². The summed E-state index contributed by atoms with van der Waals surface area (Å²) in [6.07, 6.45) is -1.89. The second kappa shape index (κ2) is 7.63. The van der Waals surface area contributed by atoms with E-state index >= 15 is 0 Å². The van der Waals surface area contributed by atoms with E-state index in [-0.39, 0.29) is 22.7 Å². The van der Waals surface area contributed by atoms with Crippen LogP contribution in [0.25, 0.3) is 11.4 Å². The molecule has 2 heterocycles. The molecular formula is C19H15ClF3N3O2. The van der Waals surface area contributed by atoms with E-state index in [1.165, 1.54) is 47.2 Å². The molecule has 0 N–H and O–H groups in total. The molecule has 146 valence electrons. The van der Waals surface area contributed by atoms with Gasteiger partial charge in [-0.05, 0) is 36.8 Å². The number of halogens is 4. The number of alkyl halides is 3. The molecule has 0 atom stereocenters. The summed E-state index contributed by atoms with van der Waals surface area (Å²) in [5.74, 6) is -0.606. The fourth-order valence-corrected chi connectivity index (χ4v) is 2.96. The number of carbonyl (C=O) groups excluding carboxylic acids is 1. The van der Waals surface area contributed by atoms with Crippen LogP contribution >= 0.6 is 11.6 Å². The lowest BCUT2D eigenvalue weighted by atomic mass is 10.1. The third kappa shape index (κ3) is 3.87. The predicted octanol–water partition coefficient (Wildman–Crippen LogP) is 4.68. The maximum absolute atomic E-state index is 13.6. The first-order valence-electron chi connectivity index (χ1n) is 8.40. The summed E-state index contributed by atoms with van der Waals surface area (Å²) in [6, 6.07) is 8.52. The third-order valence-electron chi connectivity index (χ3n) is 4.07. The Morgan fingerprint density at radius 2 is 1.79 bits per heavy atom. The standard InChI is InChI=1S/C19H15ClF3N3O2/c1-2-3-16(27)15-11-24-26(18(15)19(21,22)23)14-6-4-13(5-7-14)25-9-8-12(20)10-17(25)28/h4-11H,2-3H2,1H3. The molecule has 0 radical (unpaired) electrons. The summed E-state index contributed by atoms with van der Waals surface area (Å²) in [5.41, 5.74) is -1.36. The van der Waals surface area contributed by atoms with Crippen molar-refractivity contribution < 1.29 is 18.0 Å². The second-order valence-electron chi connectivity index (χ2n) is 6.06. The molecule has 0 amide bonds. The number of hydrogen-bond acceptors (Lipinski definition) is 3. The van der Waals surface area contributed by atoms with Crippen LogP contribution in [0.1, 0.15) is 35.8 Å². The van der Waals surface area contributed by atoms with Gasteiger partial charge < -0.3 is 0 Å². The minimum Gasteiger partial charge on any atom is -0.294 e. The largest absolute Gasteiger partial charge is 0.434 e. The highest BCUT2D eigenvalue weighted by molar-refractivity contribution is 6.30. The van der Waals surface area contributed by atoms with Gasteiger partial charge in [-0.15, -0.1) is 0 Å². The number of nitrogens with zero attached hydrogens (tertiary/aromatic N) is 3. The van der Waals surface area contributed by atoms with Crippen LogP contribution in [0.4, 0.5) is 13.2 Å². The number of Topliss-reactive ketones (excluding diaryl/α,β-unsaturated/α-hetero) is 1. The zero-order valence-electron chi connectivity index (χ0n) is 14.7. The van der Waals surface area contributed by atoms with E-state index in [4.69, 9.17) is 11.6 Å². The molecule has 0 bridgehead atoms. The monoisotopic (exact) mass is 409 g/mol. The van der Waals surface area contributed by atoms with Gasteiger partial charge in [-0.2, -0.15) is 18.3 Å². The van der Waals surface area contributed by atoms with E-state index in [0.29, 0.717) is 16.8 Å². The lowest BCUT2D eigenvalue weighted by Crippen LogP contribution is -2.18. The summed E-state index contributed by atoms with van der Waals surface area (Å²) in [6.45, 7) is 1.72. The van der Waals surface area contributed by atoms with Crippen molar-refractivity contribution in [2.75, 3.05) is 0 Å². The first-order chi connectivity index (χ1) is 13.2. The molecule has 0 aliphatic heterocycles. The van der Waals surface area contributed by atoms with Crippen LogP contribution in [0.3, 0.4) is 0 Å². The lowest BCUT2D eigenvalue weighted by molar-refractivity contribution is -0.143. The van der Waals surface area contributed by atoms with Crippen molar-refractivity contribution in [1.82, 2.24) is 14.3 Å². The zero-order valence-corrected chi connectivity index (χ0v) is 15.5. The maximum Gasteiger partial charge on any atom is 0.434 e. The number of hydrogen-bond donors (Lipinski definition) is 0. The van der Waals surface area contributed by atoms with Crippen LogP contribution in [0, 0.1) is 0 Å². The highest BCUT2D eigenvalue weighted by atomic mass is 35.5. The van der Waals surface area contributed by atoms with E-state index in [2.05, 4.69) is 5.10 Å². The number of pyridine rings is 1. The van der Waals surface area contributed by atoms with E-state index in [0.717, 1.165) is 6.20 Å². The summed E-state index contributed by atoms with van der Waals surface area (Å²) in [4.78, 5) is 24.1. The molecule has 5 nitrogen and oxygen atoms in total. The molecule has 1 aromatic carbocycles. The van der Waals surface area contributed by atoms with Crippen molar-refractivity contribution in [3.63, 3.8) is 0 Å². The first-order valence-corrected chi connectivity index (χ1v) is 8.77. The van der Waals surface area contributed by atoms with Crippen LogP contribution in [-0.2, 0) is 6.18 Å². The van der Waals surface area contributed by atoms with Gasteiger partial charge in [-0.1, -0.05) is 18.5 Å². The zero-order chi connectivity index (χ0) is 20.5. The van der Waals surface area contributed by atoms with E-state index in [1.54, 1.807) is 6.92 Å². The minimum absolute atomic E-state index is 0.00714. The van der Waals surface area contributed by atoms with E-state index in [9.17, 15) is 22.8 Å². The van der Waals surface area contributed by atoms with E-state index in [1.807, 2.05) is 0 Å². The normalized spacial score (nSPS) is 11.6. The molecule has 0 aliphatic carbocycles. The summed E-state index contributed by atoms with van der Waals surface area (Å²) < 4.78 is 42.8. The minimum atomic E-state index is -4.75. The molecule has 0 spiro atoms. The van der Waals surface area contributed by atoms with Gasteiger partial charge >= 0.3 is 6.18 Å². The van der Waals surface area contributed by atoms with Crippen molar-refractivity contribution in [3.05, 3.63) is 75.4 Å². The number of benzene rings is 1. The Morgan fingerprint density at radius 3 is 2.36 bits per heavy atom. The second-order valence-corrected chi connectivity index (χ2v) is 6.50. The van der Waals surface area contributed by atoms with Crippen LogP contribution in [0.15, 0.2) is 53.6 Å². The maximum atomic E-state index is 13.6. The van der Waals surface area contributed by atoms with Gasteiger partial charge in [-0.3, -0.25) is 14.2 Å². The van der Waals surface area contributed by atoms with E-state index < -0.39 is 23.2 Å². The van der Waals surface area contributed by atoms with Gasteiger partial charge in [0.1, 0.15) is 0 Å². The number of carbonyl (C=O) groups is 1. The van der Waals surface area contributed by atoms with Crippen LogP contribution in [-0.4, -0.2) is 20.1 Å². The molecule has 28 heavy (non-hydrogen) atoms. The molecule has 0 unspecified atom stereocenters. The Bertz CT molecular complexity index is 1070. The summed E-state index contributed by atoms with van der Waals surface area (Å²) in [5, 5.41) is 4.06. The quantitative estimate of drug-likeness (QED) is 0.575. The van der Waals surface area contributed by atoms with Crippen molar-refractivity contribution in [2.24, 2.45) is 0 Å². The number of aromatic nitrogens is 3. The smallest absolute Gasteiger partial charge is 0.294 e. The van der Waals surface area contributed by atoms with Crippen LogP contribution in [0.2, 0.25) is 5.02 Å². The topological polar surface area (TPSA) is 56.9 Å². The molecule has 0 saturated heterocycles. The number of ketones is 1. The predicted molar refractivity (Wildman–Crippen MR) is 98.4 cm³/mol. The summed E-state index contributed by atoms with van der Waals surface area (Å²) >= 11 is 5.76. The van der Waals surface area contributed by atoms with Gasteiger partial charge in [0.15, 0.2) is 11.5 Å². The fourth-order valence-electron chi connectivity index (χ4n) is 2.81. The molecule has 0 saturated carbocycles. The first kappa shape index (κ1) is 19.9. The van der Waals surface area contributed by atoms with Gasteiger partial charge in [0.25, 0.3) is 5.56 Å². The van der Waals surface area contributed by atoms with Crippen molar-refractivity contribution in [3.8, 4) is 11.4 Å². The molecule has 2 aromatic heterocycles. The fraction of sp³-hybridized carbons (Fsp3) is 0.211. The Labute approximate surface area is 163 Å². The van der Waals surface area contributed by atoms with Gasteiger partial charge in [0, 0.05) is 29.4 Å². The highest BCUT2D eigenvalue weighted by Gasteiger charge is 2.40. The number of rotatable bonds is 5. The SMILES string of the molecule is CCCC(=O)c1cnn(-c2ccc(-n3ccc(Cl)cc3=O)cc2)c1C(F)(F)F. The Kier molecular flexibility index (Phi) is 5.42. The Morgan fingerprint density at radius 1 is 1.14 bits per heavy atom. The average Bonchev–Trinajstić information content (AvgIpc) is 3.08. The molecule has 9 heteroatoms. The van der Waals surface area contributed by atoms with Crippen molar-refractivity contribution >= 4 is 17.4 Å². The average molecular weight is 410 g/mol. The van der Waals surface area contributed by atoms with Crippen molar-refractivity contribution in [2.45, 2.75) is 25.9 Å². The molecule has 3 aromatic rings. The van der Waals surface area contributed by atoms with Crippen LogP contribution < -0.4 is 5.56 Å². The lowest BCUT2D eigenvalue weighted by Gasteiger charge is -2.13. The Hall–Kier alpha value is -2.87. The molecule has 0 fully saturated rings. The molecule has 0 aliphatic rings. The third-order valence-corrected chi connectivity index (χ3v) is 4.30. The van der Waals surface area contributed by atoms with Gasteiger partial charge in [0.2, 0.25) is 0 Å².